The summed E-state index contributed by atoms with van der Waals surface area (Å²) >= 11 is 9.75. The predicted molar refractivity (Wildman–Crippen MR) is 290 cm³/mol. The van der Waals surface area contributed by atoms with Crippen LogP contribution in [0.4, 0.5) is 0 Å². The van der Waals surface area contributed by atoms with Crippen molar-refractivity contribution in [1.82, 2.24) is 0 Å². The zero-order valence-corrected chi connectivity index (χ0v) is 47.4. The molecule has 1 fully saturated rings. The molecule has 0 amide bonds. The van der Waals surface area contributed by atoms with E-state index >= 15 is 0 Å². The number of benzene rings is 8. The number of hydrogen-bond donors (Lipinski definition) is 0. The molecule has 1 saturated heterocycles. The average Bonchev–Trinajstić information content (AvgIpc) is 3.35. The van der Waals surface area contributed by atoms with Gasteiger partial charge >= 0.3 is 404 Å². The molecule has 0 saturated carbocycles. The van der Waals surface area contributed by atoms with Crippen LogP contribution in [-0.2, 0) is 0 Å². The SMILES string of the molecule is C[Si](c1ccccc1)(c1ccccc1)[C]1([Si](C)(c2ccccc2)c2ccccc2)[Te][C]([Si](C)(c2ccccc2)c2ccccc2)([Si](C)(c2ccccc2)c2ccccc2)[Ge]1([Br])[Br]. The van der Waals surface area contributed by atoms with Gasteiger partial charge in [-0.15, -0.1) is 0 Å². The molecule has 1 aliphatic heterocycles. The summed E-state index contributed by atoms with van der Waals surface area (Å²) in [6.45, 7) is 11.3. The third-order valence-corrected chi connectivity index (χ3v) is 137. The summed E-state index contributed by atoms with van der Waals surface area (Å²) in [7, 11) is -15.2. The molecule has 0 atom stereocenters. The second-order valence-electron chi connectivity index (χ2n) is 17.5. The Morgan fingerprint density at radius 2 is 0.403 bits per heavy atom. The molecule has 0 aromatic heterocycles. The summed E-state index contributed by atoms with van der Waals surface area (Å²) in [5, 5.41) is 12.4. The third kappa shape index (κ3) is 6.24. The van der Waals surface area contributed by atoms with E-state index in [1.54, 1.807) is 41.5 Å². The molecule has 0 unspecified atom stereocenters. The normalized spacial score (nSPS) is 15.9. The van der Waals surface area contributed by atoms with Crippen molar-refractivity contribution in [1.29, 1.82) is 0 Å². The van der Waals surface area contributed by atoms with Crippen molar-refractivity contribution in [2.24, 2.45) is 0 Å². The van der Waals surface area contributed by atoms with Crippen LogP contribution in [0, 0.1) is 0 Å². The van der Waals surface area contributed by atoms with Crippen LogP contribution in [0.2, 0.25) is 29.3 Å². The minimum absolute atomic E-state index is 0.00605. The summed E-state index contributed by atoms with van der Waals surface area (Å²) in [6.07, 6.45) is 0. The molecular weight excluding hydrogens is 1120 g/mol. The van der Waals surface area contributed by atoms with Crippen LogP contribution in [0.1, 0.15) is 0 Å². The topological polar surface area (TPSA) is 0 Å². The van der Waals surface area contributed by atoms with E-state index in [4.69, 9.17) is 28.0 Å². The fourth-order valence-corrected chi connectivity index (χ4v) is 174. The molecule has 62 heavy (non-hydrogen) atoms. The van der Waals surface area contributed by atoms with Gasteiger partial charge in [0.1, 0.15) is 0 Å². The van der Waals surface area contributed by atoms with Gasteiger partial charge in [0.15, 0.2) is 0 Å². The molecule has 0 bridgehead atoms. The quantitative estimate of drug-likeness (QED) is 0.107. The van der Waals surface area contributed by atoms with Gasteiger partial charge < -0.3 is 0 Å². The van der Waals surface area contributed by atoms with Crippen molar-refractivity contribution in [3.8, 4) is 0 Å². The Morgan fingerprint density at radius 3 is 0.516 bits per heavy atom. The molecule has 0 N–H and O–H groups in total. The van der Waals surface area contributed by atoms with Gasteiger partial charge in [-0.3, -0.25) is 0 Å². The van der Waals surface area contributed by atoms with Crippen LogP contribution in [0.3, 0.4) is 0 Å². The second kappa shape index (κ2) is 17.4. The first-order chi connectivity index (χ1) is 30.0. The van der Waals surface area contributed by atoms with Gasteiger partial charge in [-0.25, -0.2) is 0 Å². The summed E-state index contributed by atoms with van der Waals surface area (Å²) in [5.41, 5.74) is 0. The number of hydrogen-bond acceptors (Lipinski definition) is 0. The molecule has 308 valence electrons. The zero-order valence-electron chi connectivity index (χ0n) is 35.8. The van der Waals surface area contributed by atoms with Gasteiger partial charge in [0.2, 0.25) is 0 Å². The van der Waals surface area contributed by atoms with E-state index in [0.717, 1.165) is 0 Å². The van der Waals surface area contributed by atoms with Crippen LogP contribution in [0.15, 0.2) is 243 Å². The molecule has 0 nitrogen and oxygen atoms in total. The standard InChI is InChI=1S/C54H52Br2GeSi4Te/c1-58(45-29-13-5-14-30-45,46-31-15-6-16-32-46)53(59(2,47-33-17-7-18-34-47)48-35-19-8-20-36-48)57(55,56)54(62-53,60(3,49-37-21-9-22-38-49)50-39-23-10-24-40-50)61(4,51-41-25-11-26-42-51)52-43-27-12-28-44-52/h5-44H,1-4H3. The molecule has 1 heterocycles. The Bertz CT molecular complexity index is 2210. The van der Waals surface area contributed by atoms with Gasteiger partial charge in [-0.2, -0.15) is 0 Å². The van der Waals surface area contributed by atoms with Gasteiger partial charge in [0.25, 0.3) is 0 Å². The van der Waals surface area contributed by atoms with Crippen molar-refractivity contribution < 1.29 is 0 Å². The Morgan fingerprint density at radius 1 is 0.274 bits per heavy atom. The number of rotatable bonds is 12. The van der Waals surface area contributed by atoms with Gasteiger partial charge in [-0.05, 0) is 0 Å². The Kier molecular flexibility index (Phi) is 12.4. The predicted octanol–water partition coefficient (Wildman–Crippen LogP) is 9.06. The molecule has 1 aliphatic rings. The van der Waals surface area contributed by atoms with Crippen molar-refractivity contribution in [2.75, 3.05) is 0 Å². The Labute approximate surface area is 400 Å². The molecule has 0 spiro atoms. The average molecular weight is 1170 g/mol. The Balaban J connectivity index is 1.54. The summed E-state index contributed by atoms with van der Waals surface area (Å²) < 4.78 is 0.0121. The molecule has 8 aromatic rings. The fourth-order valence-electron chi connectivity index (χ4n) is 11.7. The first-order valence-corrected chi connectivity index (χ1v) is 45.8. The first-order valence-electron chi connectivity index (χ1n) is 21.6. The van der Waals surface area contributed by atoms with E-state index in [9.17, 15) is 0 Å². The van der Waals surface area contributed by atoms with Crippen LogP contribution in [-0.4, -0.2) is 62.8 Å². The van der Waals surface area contributed by atoms with Crippen molar-refractivity contribution >= 4 is 132 Å². The van der Waals surface area contributed by atoms with Crippen LogP contribution in [0.5, 0.6) is 0 Å². The monoisotopic (exact) mass is 1170 g/mol. The summed E-state index contributed by atoms with van der Waals surface area (Å²) in [6, 6.07) is 95.3. The van der Waals surface area contributed by atoms with Crippen molar-refractivity contribution in [2.45, 2.75) is 29.3 Å². The van der Waals surface area contributed by atoms with E-state index in [1.165, 1.54) is 0 Å². The molecule has 9 rings (SSSR count). The van der Waals surface area contributed by atoms with Crippen molar-refractivity contribution in [3.63, 3.8) is 0 Å². The third-order valence-electron chi connectivity index (χ3n) is 14.8. The number of halogens is 2. The van der Waals surface area contributed by atoms with Crippen LogP contribution < -0.4 is 41.5 Å². The van der Waals surface area contributed by atoms with Gasteiger partial charge in [-0.1, -0.05) is 0 Å². The molecule has 8 heteroatoms. The summed E-state index contributed by atoms with van der Waals surface area (Å²) in [4.78, 5) is 0. The van der Waals surface area contributed by atoms with E-state index < -0.39 is 62.8 Å². The molecule has 0 aliphatic carbocycles. The van der Waals surface area contributed by atoms with Crippen molar-refractivity contribution in [3.05, 3.63) is 243 Å². The van der Waals surface area contributed by atoms with E-state index in [1.807, 2.05) is 0 Å². The van der Waals surface area contributed by atoms with E-state index in [0.29, 0.717) is 0 Å². The second-order valence-corrected chi connectivity index (χ2v) is 76.0. The van der Waals surface area contributed by atoms with E-state index in [-0.39, 0.29) is 3.08 Å². The maximum absolute atomic E-state index is 5.41. The van der Waals surface area contributed by atoms with Crippen LogP contribution >= 0.6 is 28.0 Å². The van der Waals surface area contributed by atoms with Gasteiger partial charge in [0.05, 0.1) is 0 Å². The zero-order chi connectivity index (χ0) is 43.1. The molecule has 0 radical (unpaired) electrons. The maximum atomic E-state index is 5.41. The molecule has 8 aromatic carbocycles. The van der Waals surface area contributed by atoms with Gasteiger partial charge in [0, 0.05) is 0 Å². The first kappa shape index (κ1) is 44.1. The van der Waals surface area contributed by atoms with E-state index in [2.05, 4.69) is 269 Å². The van der Waals surface area contributed by atoms with Crippen LogP contribution in [0.25, 0.3) is 0 Å². The minimum atomic E-state index is -3.97. The molecular formula is C54H52Br2GeSi4Te. The summed E-state index contributed by atoms with van der Waals surface area (Å²) in [5.74, 6) is 0. The fraction of sp³-hybridized carbons (Fsp3) is 0.111. The Hall–Kier alpha value is -3.08.